The van der Waals surface area contributed by atoms with Crippen molar-refractivity contribution in [1.82, 2.24) is 0 Å². The van der Waals surface area contributed by atoms with Crippen molar-refractivity contribution in [2.45, 2.75) is 12.8 Å². The molecule has 0 unspecified atom stereocenters. The van der Waals surface area contributed by atoms with E-state index in [0.717, 1.165) is 12.1 Å². The maximum absolute atomic E-state index is 13.0. The van der Waals surface area contributed by atoms with Crippen LogP contribution in [0.25, 0.3) is 0 Å². The van der Waals surface area contributed by atoms with E-state index in [9.17, 15) is 19.3 Å². The van der Waals surface area contributed by atoms with Gasteiger partial charge in [0, 0.05) is 18.1 Å². The number of nitrogens with zero attached hydrogens (tertiary/aromatic N) is 1. The van der Waals surface area contributed by atoms with Crippen molar-refractivity contribution in [3.05, 3.63) is 39.7 Å². The molecule has 0 aliphatic heterocycles. The highest BCUT2D eigenvalue weighted by atomic mass is 19.1. The van der Waals surface area contributed by atoms with Gasteiger partial charge in [0.15, 0.2) is 0 Å². The molecule has 0 heterocycles. The van der Waals surface area contributed by atoms with E-state index >= 15 is 0 Å². The van der Waals surface area contributed by atoms with Gasteiger partial charge in [-0.05, 0) is 12.1 Å². The molecule has 0 radical (unpaired) electrons. The van der Waals surface area contributed by atoms with E-state index in [1.807, 2.05) is 0 Å². The Morgan fingerprint density at radius 2 is 2.28 bits per heavy atom. The zero-order valence-electron chi connectivity index (χ0n) is 9.60. The van der Waals surface area contributed by atoms with Crippen molar-refractivity contribution >= 4 is 11.7 Å². The molecular formula is C12H10FNO4. The Balaban J connectivity index is 2.74. The largest absolute Gasteiger partial charge is 0.469 e. The lowest BCUT2D eigenvalue weighted by molar-refractivity contribution is -0.387. The summed E-state index contributed by atoms with van der Waals surface area (Å²) in [5.41, 5.74) is -0.289. The second-order valence-corrected chi connectivity index (χ2v) is 3.30. The summed E-state index contributed by atoms with van der Waals surface area (Å²) < 4.78 is 17.4. The number of hydrogen-bond acceptors (Lipinski definition) is 4. The van der Waals surface area contributed by atoms with Gasteiger partial charge in [0.05, 0.1) is 18.5 Å². The fourth-order valence-corrected chi connectivity index (χ4v) is 1.16. The van der Waals surface area contributed by atoms with Crippen LogP contribution in [0.1, 0.15) is 18.4 Å². The fraction of sp³-hybridized carbons (Fsp3) is 0.250. The Bertz CT molecular complexity index is 531. The molecule has 1 aromatic rings. The second kappa shape index (κ2) is 6.35. The summed E-state index contributed by atoms with van der Waals surface area (Å²) >= 11 is 0. The summed E-state index contributed by atoms with van der Waals surface area (Å²) in [4.78, 5) is 20.5. The number of halogens is 1. The lowest BCUT2D eigenvalue weighted by Gasteiger charge is -1.94. The van der Waals surface area contributed by atoms with Crippen LogP contribution >= 0.6 is 0 Å². The number of ether oxygens (including phenoxy) is 1. The lowest BCUT2D eigenvalue weighted by Crippen LogP contribution is -1.98. The monoisotopic (exact) mass is 251 g/mol. The molecule has 0 spiro atoms. The van der Waals surface area contributed by atoms with Gasteiger partial charge in [0.2, 0.25) is 5.82 Å². The average molecular weight is 251 g/mol. The number of methoxy groups -OCH3 is 1. The maximum Gasteiger partial charge on any atom is 0.306 e. The van der Waals surface area contributed by atoms with Gasteiger partial charge in [-0.25, -0.2) is 0 Å². The third-order valence-electron chi connectivity index (χ3n) is 2.06. The SMILES string of the molecule is COC(=O)CCC#Cc1ccc(F)c([N+](=O)[O-])c1. The number of benzene rings is 1. The van der Waals surface area contributed by atoms with Crippen molar-refractivity contribution in [1.29, 1.82) is 0 Å². The normalized spacial score (nSPS) is 9.22. The number of nitro benzene ring substituents is 1. The fourth-order valence-electron chi connectivity index (χ4n) is 1.16. The Morgan fingerprint density at radius 1 is 1.56 bits per heavy atom. The first-order chi connectivity index (χ1) is 8.54. The molecule has 0 aliphatic rings. The third-order valence-corrected chi connectivity index (χ3v) is 2.06. The average Bonchev–Trinajstić information content (AvgIpc) is 2.35. The first kappa shape index (κ1) is 13.6. The third kappa shape index (κ3) is 3.87. The first-order valence-electron chi connectivity index (χ1n) is 5.04. The summed E-state index contributed by atoms with van der Waals surface area (Å²) in [6.45, 7) is 0. The van der Waals surface area contributed by atoms with Gasteiger partial charge in [-0.2, -0.15) is 4.39 Å². The highest BCUT2D eigenvalue weighted by Gasteiger charge is 2.13. The highest BCUT2D eigenvalue weighted by molar-refractivity contribution is 5.69. The number of carbonyl (C=O) groups is 1. The number of hydrogen-bond donors (Lipinski definition) is 0. The topological polar surface area (TPSA) is 69.4 Å². The lowest BCUT2D eigenvalue weighted by atomic mass is 10.2. The van der Waals surface area contributed by atoms with Crippen molar-refractivity contribution in [2.75, 3.05) is 7.11 Å². The molecule has 0 saturated heterocycles. The zero-order valence-corrected chi connectivity index (χ0v) is 9.60. The highest BCUT2D eigenvalue weighted by Crippen LogP contribution is 2.17. The van der Waals surface area contributed by atoms with Gasteiger partial charge in [0.25, 0.3) is 0 Å². The van der Waals surface area contributed by atoms with Crippen LogP contribution in [0.5, 0.6) is 0 Å². The summed E-state index contributed by atoms with van der Waals surface area (Å²) in [5.74, 6) is 3.99. The first-order valence-corrected chi connectivity index (χ1v) is 5.04. The molecule has 0 aromatic heterocycles. The second-order valence-electron chi connectivity index (χ2n) is 3.30. The molecule has 0 atom stereocenters. The van der Waals surface area contributed by atoms with Gasteiger partial charge < -0.3 is 4.74 Å². The predicted octanol–water partition coefficient (Wildman–Crippen LogP) is 2.04. The minimum absolute atomic E-state index is 0.146. The van der Waals surface area contributed by atoms with Gasteiger partial charge in [-0.3, -0.25) is 14.9 Å². The molecule has 0 saturated carbocycles. The molecule has 0 aliphatic carbocycles. The van der Waals surface area contributed by atoms with Gasteiger partial charge >= 0.3 is 11.7 Å². The molecule has 1 rings (SSSR count). The van der Waals surface area contributed by atoms with Crippen molar-refractivity contribution in [3.8, 4) is 11.8 Å². The molecule has 5 nitrogen and oxygen atoms in total. The van der Waals surface area contributed by atoms with Crippen LogP contribution in [0, 0.1) is 27.8 Å². The maximum atomic E-state index is 13.0. The molecule has 0 fully saturated rings. The van der Waals surface area contributed by atoms with E-state index < -0.39 is 16.4 Å². The predicted molar refractivity (Wildman–Crippen MR) is 61.2 cm³/mol. The van der Waals surface area contributed by atoms with E-state index in [-0.39, 0.29) is 18.8 Å². The van der Waals surface area contributed by atoms with E-state index in [2.05, 4.69) is 16.6 Å². The smallest absolute Gasteiger partial charge is 0.306 e. The van der Waals surface area contributed by atoms with Crippen LogP contribution in [-0.2, 0) is 9.53 Å². The van der Waals surface area contributed by atoms with Crippen LogP contribution in [0.15, 0.2) is 18.2 Å². The van der Waals surface area contributed by atoms with Gasteiger partial charge in [-0.1, -0.05) is 11.8 Å². The van der Waals surface area contributed by atoms with Crippen LogP contribution in [0.3, 0.4) is 0 Å². The summed E-state index contributed by atoms with van der Waals surface area (Å²) in [6.07, 6.45) is 0.421. The molecule has 1 aromatic carbocycles. The zero-order chi connectivity index (χ0) is 13.5. The van der Waals surface area contributed by atoms with Gasteiger partial charge in [-0.15, -0.1) is 0 Å². The molecule has 18 heavy (non-hydrogen) atoms. The number of esters is 1. The van der Waals surface area contributed by atoms with E-state index in [4.69, 9.17) is 0 Å². The van der Waals surface area contributed by atoms with Crippen molar-refractivity contribution < 1.29 is 18.8 Å². The molecule has 0 amide bonds. The molecular weight excluding hydrogens is 241 g/mol. The molecule has 0 N–H and O–H groups in total. The Labute approximate surface area is 103 Å². The number of carbonyl (C=O) groups excluding carboxylic acids is 1. The Hall–Kier alpha value is -2.42. The van der Waals surface area contributed by atoms with Gasteiger partial charge in [0.1, 0.15) is 0 Å². The Kier molecular flexibility index (Phi) is 4.81. The van der Waals surface area contributed by atoms with E-state index in [1.54, 1.807) is 0 Å². The van der Waals surface area contributed by atoms with Crippen LogP contribution in [0.4, 0.5) is 10.1 Å². The van der Waals surface area contributed by atoms with Crippen LogP contribution in [0.2, 0.25) is 0 Å². The minimum Gasteiger partial charge on any atom is -0.469 e. The van der Waals surface area contributed by atoms with Crippen molar-refractivity contribution in [3.63, 3.8) is 0 Å². The summed E-state index contributed by atoms with van der Waals surface area (Å²) in [7, 11) is 1.28. The van der Waals surface area contributed by atoms with Crippen LogP contribution < -0.4 is 0 Å². The number of nitro groups is 1. The minimum atomic E-state index is -0.903. The summed E-state index contributed by atoms with van der Waals surface area (Å²) in [5, 5.41) is 10.5. The van der Waals surface area contributed by atoms with E-state index in [1.165, 1.54) is 13.2 Å². The van der Waals surface area contributed by atoms with Crippen LogP contribution in [-0.4, -0.2) is 18.0 Å². The number of rotatable bonds is 3. The molecule has 94 valence electrons. The molecule has 6 heteroatoms. The quantitative estimate of drug-likeness (QED) is 0.357. The van der Waals surface area contributed by atoms with Crippen molar-refractivity contribution in [2.24, 2.45) is 0 Å². The summed E-state index contributed by atoms with van der Waals surface area (Å²) in [6, 6.07) is 3.39. The van der Waals surface area contributed by atoms with E-state index in [0.29, 0.717) is 5.56 Å². The standard InChI is InChI=1S/C12H10FNO4/c1-18-12(15)5-3-2-4-9-6-7-10(13)11(8-9)14(16)17/h6-8H,3,5H2,1H3. The molecule has 0 bridgehead atoms. The Morgan fingerprint density at radius 3 is 2.89 bits per heavy atom.